The molecule has 226 valence electrons. The summed E-state index contributed by atoms with van der Waals surface area (Å²) in [4.78, 5) is 51.0. The third kappa shape index (κ3) is 9.20. The van der Waals surface area contributed by atoms with Crippen LogP contribution in [0.5, 0.6) is 11.5 Å². The molecule has 5 rings (SSSR count). The Morgan fingerprint density at radius 2 is 1.60 bits per heavy atom. The van der Waals surface area contributed by atoms with E-state index >= 15 is 0 Å². The van der Waals surface area contributed by atoms with Crippen molar-refractivity contribution in [2.75, 3.05) is 63.0 Å². The van der Waals surface area contributed by atoms with Crippen LogP contribution in [0.4, 0.5) is 25.5 Å². The second-order valence-corrected chi connectivity index (χ2v) is 10.3. The standard InChI is InChI=1S/C30H34FN7O5/c31-25-20-23(33-29(40)35-28(39)19-22-5-2-1-3-6-22)7-8-26(25)42-24-9-10-32-27(21-24)34-30(41)43-38-17-15-37(16-18-38)14-13-36-11-4-12-36/h1-3,5-10,20-21H,4,11-19H2,(H,32,34,41)(H2,33,35,39,40). The third-order valence-electron chi connectivity index (χ3n) is 7.06. The number of pyridine rings is 1. The highest BCUT2D eigenvalue weighted by Gasteiger charge is 2.22. The molecule has 0 bridgehead atoms. The molecule has 3 N–H and O–H groups in total. The van der Waals surface area contributed by atoms with Gasteiger partial charge in [0.05, 0.1) is 6.42 Å². The molecule has 2 aromatic carbocycles. The van der Waals surface area contributed by atoms with Gasteiger partial charge in [0, 0.05) is 63.3 Å². The van der Waals surface area contributed by atoms with E-state index in [1.807, 2.05) is 6.07 Å². The summed E-state index contributed by atoms with van der Waals surface area (Å²) in [6.45, 7) is 7.32. The number of carbonyl (C=O) groups is 3. The second kappa shape index (κ2) is 14.5. The molecule has 0 unspecified atom stereocenters. The fraction of sp³-hybridized carbons (Fsp3) is 0.333. The largest absolute Gasteiger partial charge is 0.454 e. The zero-order chi connectivity index (χ0) is 30.0. The molecule has 0 radical (unpaired) electrons. The molecule has 4 amide bonds. The fourth-order valence-electron chi connectivity index (χ4n) is 4.62. The Balaban J connectivity index is 1.06. The molecule has 2 saturated heterocycles. The molecule has 0 saturated carbocycles. The summed E-state index contributed by atoms with van der Waals surface area (Å²) in [5.41, 5.74) is 0.889. The van der Waals surface area contributed by atoms with Gasteiger partial charge < -0.3 is 19.8 Å². The minimum absolute atomic E-state index is 0.0337. The number of halogens is 1. The molecule has 12 nitrogen and oxygen atoms in total. The number of anilines is 2. The van der Waals surface area contributed by atoms with Crippen LogP contribution < -0.4 is 20.7 Å². The van der Waals surface area contributed by atoms with E-state index in [0.717, 1.165) is 37.8 Å². The highest BCUT2D eigenvalue weighted by molar-refractivity contribution is 6.01. The number of nitrogens with one attached hydrogen (secondary N) is 3. The van der Waals surface area contributed by atoms with Gasteiger partial charge in [0.25, 0.3) is 0 Å². The van der Waals surface area contributed by atoms with Crippen molar-refractivity contribution in [3.8, 4) is 11.5 Å². The smallest absolute Gasteiger partial charge is 0.431 e. The average Bonchev–Trinajstić information content (AvgIpc) is 2.95. The summed E-state index contributed by atoms with van der Waals surface area (Å²) in [6.07, 6.45) is 2.05. The first-order valence-electron chi connectivity index (χ1n) is 14.2. The Labute approximate surface area is 248 Å². The average molecular weight is 592 g/mol. The van der Waals surface area contributed by atoms with Crippen LogP contribution in [0, 0.1) is 5.82 Å². The molecule has 0 aliphatic carbocycles. The zero-order valence-electron chi connectivity index (χ0n) is 23.6. The highest BCUT2D eigenvalue weighted by atomic mass is 19.1. The quantitative estimate of drug-likeness (QED) is 0.323. The monoisotopic (exact) mass is 591 g/mol. The molecule has 2 aliphatic rings. The minimum atomic E-state index is -0.783. The summed E-state index contributed by atoms with van der Waals surface area (Å²) < 4.78 is 20.4. The Bertz CT molecular complexity index is 1420. The lowest BCUT2D eigenvalue weighted by Gasteiger charge is -2.36. The van der Waals surface area contributed by atoms with E-state index in [0.29, 0.717) is 13.1 Å². The van der Waals surface area contributed by atoms with E-state index in [2.05, 4.69) is 30.7 Å². The van der Waals surface area contributed by atoms with Gasteiger partial charge in [0.2, 0.25) is 5.91 Å². The maximum absolute atomic E-state index is 14.8. The number of hydroxylamine groups is 2. The predicted octanol–water partition coefficient (Wildman–Crippen LogP) is 3.69. The lowest BCUT2D eigenvalue weighted by atomic mass is 10.1. The molecular formula is C30H34FN7O5. The van der Waals surface area contributed by atoms with Crippen LogP contribution in [0.1, 0.15) is 12.0 Å². The molecule has 0 atom stereocenters. The van der Waals surface area contributed by atoms with E-state index in [1.54, 1.807) is 29.3 Å². The van der Waals surface area contributed by atoms with Crippen LogP contribution in [0.25, 0.3) is 0 Å². The van der Waals surface area contributed by atoms with Crippen molar-refractivity contribution in [2.24, 2.45) is 0 Å². The summed E-state index contributed by atoms with van der Waals surface area (Å²) in [5, 5.41) is 8.83. The molecule has 2 fully saturated rings. The number of imide groups is 1. The Hall–Kier alpha value is -4.59. The van der Waals surface area contributed by atoms with Crippen LogP contribution >= 0.6 is 0 Å². The molecule has 1 aromatic heterocycles. The van der Waals surface area contributed by atoms with Crippen LogP contribution in [-0.2, 0) is 16.1 Å². The number of rotatable bonds is 10. The van der Waals surface area contributed by atoms with Crippen molar-refractivity contribution in [2.45, 2.75) is 12.8 Å². The van der Waals surface area contributed by atoms with Gasteiger partial charge >= 0.3 is 12.1 Å². The van der Waals surface area contributed by atoms with Crippen molar-refractivity contribution < 1.29 is 28.3 Å². The first kappa shape index (κ1) is 29.9. The van der Waals surface area contributed by atoms with E-state index < -0.39 is 23.8 Å². The Morgan fingerprint density at radius 3 is 2.30 bits per heavy atom. The van der Waals surface area contributed by atoms with E-state index in [-0.39, 0.29) is 29.4 Å². The van der Waals surface area contributed by atoms with Gasteiger partial charge in [-0.15, -0.1) is 5.06 Å². The van der Waals surface area contributed by atoms with Gasteiger partial charge in [-0.1, -0.05) is 30.3 Å². The van der Waals surface area contributed by atoms with Crippen molar-refractivity contribution in [3.63, 3.8) is 0 Å². The number of ether oxygens (including phenoxy) is 1. The van der Waals surface area contributed by atoms with Crippen molar-refractivity contribution in [1.82, 2.24) is 25.2 Å². The van der Waals surface area contributed by atoms with Gasteiger partial charge in [-0.25, -0.2) is 19.0 Å². The number of carbonyl (C=O) groups excluding carboxylic acids is 3. The molecule has 43 heavy (non-hydrogen) atoms. The Morgan fingerprint density at radius 1 is 0.860 bits per heavy atom. The van der Waals surface area contributed by atoms with Crippen molar-refractivity contribution in [3.05, 3.63) is 78.2 Å². The summed E-state index contributed by atoms with van der Waals surface area (Å²) >= 11 is 0. The van der Waals surface area contributed by atoms with Crippen LogP contribution in [0.15, 0.2) is 66.9 Å². The maximum Gasteiger partial charge on any atom is 0.431 e. The number of hydrogen-bond donors (Lipinski definition) is 3. The summed E-state index contributed by atoms with van der Waals surface area (Å²) in [6, 6.07) is 15.0. The van der Waals surface area contributed by atoms with E-state index in [4.69, 9.17) is 9.57 Å². The maximum atomic E-state index is 14.8. The SMILES string of the molecule is O=C(Cc1ccccc1)NC(=O)Nc1ccc(Oc2ccnc(NC(=O)ON3CCN(CCN4CCC4)CC3)c2)c(F)c1. The number of benzene rings is 2. The first-order chi connectivity index (χ1) is 20.9. The first-order valence-corrected chi connectivity index (χ1v) is 14.2. The van der Waals surface area contributed by atoms with E-state index in [1.165, 1.54) is 50.0 Å². The van der Waals surface area contributed by atoms with Crippen LogP contribution in [0.3, 0.4) is 0 Å². The topological polar surface area (TPSA) is 128 Å². The molecular weight excluding hydrogens is 557 g/mol. The number of aromatic nitrogens is 1. The van der Waals surface area contributed by atoms with Crippen molar-refractivity contribution >= 4 is 29.5 Å². The second-order valence-electron chi connectivity index (χ2n) is 10.3. The zero-order valence-corrected chi connectivity index (χ0v) is 23.6. The number of likely N-dealkylation sites (tertiary alicyclic amines) is 1. The Kier molecular flexibility index (Phi) is 10.1. The number of piperazine rings is 1. The number of hydrogen-bond acceptors (Lipinski definition) is 9. The van der Waals surface area contributed by atoms with Gasteiger partial charge in [-0.2, -0.15) is 0 Å². The predicted molar refractivity (Wildman–Crippen MR) is 157 cm³/mol. The summed E-state index contributed by atoms with van der Waals surface area (Å²) in [5.74, 6) is -0.956. The highest BCUT2D eigenvalue weighted by Crippen LogP contribution is 2.27. The van der Waals surface area contributed by atoms with Gasteiger partial charge in [-0.05, 0) is 43.3 Å². The van der Waals surface area contributed by atoms with Gasteiger partial charge in [-0.3, -0.25) is 20.3 Å². The van der Waals surface area contributed by atoms with Crippen molar-refractivity contribution in [1.29, 1.82) is 0 Å². The molecule has 3 heterocycles. The molecule has 2 aliphatic heterocycles. The van der Waals surface area contributed by atoms with E-state index in [9.17, 15) is 18.8 Å². The number of urea groups is 1. The third-order valence-corrected chi connectivity index (χ3v) is 7.06. The normalized spacial score (nSPS) is 15.7. The number of amides is 4. The molecule has 13 heteroatoms. The number of nitrogens with zero attached hydrogens (tertiary/aromatic N) is 4. The van der Waals surface area contributed by atoms with Gasteiger partial charge in [0.15, 0.2) is 11.6 Å². The van der Waals surface area contributed by atoms with Gasteiger partial charge in [0.1, 0.15) is 11.6 Å². The van der Waals surface area contributed by atoms with Crippen LogP contribution in [-0.4, -0.2) is 90.2 Å². The van der Waals surface area contributed by atoms with Crippen LogP contribution in [0.2, 0.25) is 0 Å². The lowest BCUT2D eigenvalue weighted by molar-refractivity contribution is -0.119. The molecule has 0 spiro atoms. The lowest BCUT2D eigenvalue weighted by Crippen LogP contribution is -2.50. The fourth-order valence-corrected chi connectivity index (χ4v) is 4.62. The molecule has 3 aromatic rings. The minimum Gasteiger partial charge on any atom is -0.454 e. The summed E-state index contributed by atoms with van der Waals surface area (Å²) in [7, 11) is 0.